The van der Waals surface area contributed by atoms with E-state index < -0.39 is 40.1 Å². The minimum Gasteiger partial charge on any atom is -0.494 e. The molecule has 3 aromatic heterocycles. The summed E-state index contributed by atoms with van der Waals surface area (Å²) in [5.41, 5.74) is -0.201. The molecule has 0 unspecified atom stereocenters. The Kier molecular flexibility index (Phi) is 19.6. The first-order valence-corrected chi connectivity index (χ1v) is 28.4. The van der Waals surface area contributed by atoms with Gasteiger partial charge in [0, 0.05) is 17.2 Å². The third-order valence-electron chi connectivity index (χ3n) is 13.6. The molecule has 9 aromatic rings. The fourth-order valence-electron chi connectivity index (χ4n) is 9.20. The van der Waals surface area contributed by atoms with Crippen molar-refractivity contribution in [2.45, 2.75) is 92.4 Å². The lowest BCUT2D eigenvalue weighted by Gasteiger charge is -2.11. The summed E-state index contributed by atoms with van der Waals surface area (Å²) in [5, 5.41) is -0.0626. The molecule has 0 saturated carbocycles. The molecule has 0 aliphatic carbocycles. The number of ether oxygens (including phenoxy) is 8. The maximum Gasteiger partial charge on any atom is 0.338 e. The van der Waals surface area contributed by atoms with Crippen molar-refractivity contribution in [3.05, 3.63) is 204 Å². The molecule has 0 amide bonds. The van der Waals surface area contributed by atoms with Gasteiger partial charge in [0.2, 0.25) is 0 Å². The molecule has 20 heteroatoms. The number of carbonyl (C=O) groups is 3. The van der Waals surface area contributed by atoms with Gasteiger partial charge in [0.1, 0.15) is 40.2 Å². The van der Waals surface area contributed by atoms with Crippen LogP contribution in [0, 0.1) is 13.8 Å². The Balaban J connectivity index is 0.781. The van der Waals surface area contributed by atoms with E-state index in [2.05, 4.69) is 35.0 Å². The number of aromatic nitrogens is 5. The fourth-order valence-corrected chi connectivity index (χ4v) is 9.20. The summed E-state index contributed by atoms with van der Waals surface area (Å²) in [4.78, 5) is 106. The first-order valence-electron chi connectivity index (χ1n) is 28.4. The van der Waals surface area contributed by atoms with Gasteiger partial charge in [-0.05, 0) is 180 Å². The van der Waals surface area contributed by atoms with Crippen molar-refractivity contribution in [3.8, 4) is 69.7 Å². The Morgan fingerprint density at radius 3 is 1.24 bits per heavy atom. The van der Waals surface area contributed by atoms with Gasteiger partial charge in [-0.25, -0.2) is 23.5 Å². The van der Waals surface area contributed by atoms with Crippen LogP contribution in [0.5, 0.6) is 58.3 Å². The molecule has 6 aromatic carbocycles. The second kappa shape index (κ2) is 27.9. The van der Waals surface area contributed by atoms with E-state index >= 15 is 0 Å². The fraction of sp³-hybridized carbons (Fsp3) is 0.254. The Labute approximate surface area is 499 Å². The summed E-state index contributed by atoms with van der Waals surface area (Å²) in [6.07, 6.45) is 8.43. The number of fused-ring (bicyclic) bond motifs is 2. The zero-order chi connectivity index (χ0) is 61.7. The van der Waals surface area contributed by atoms with Crippen LogP contribution in [0.4, 0.5) is 0 Å². The molecule has 3 heterocycles. The highest BCUT2D eigenvalue weighted by molar-refractivity contribution is 5.98. The summed E-state index contributed by atoms with van der Waals surface area (Å²) in [6, 6.07) is 30.8. The van der Waals surface area contributed by atoms with Gasteiger partial charge in [0.25, 0.3) is 22.2 Å². The standard InChI is InChI=1S/C67H63N5O15/c1-8-9-10-11-12-14-30-81-53-35-43(7)34-46(37-53)72-60(75)56-38-54-55(39-57(56)61(72)76)59(74)71(58(54)73)45-33-42(6)32-44(36-45)64(79)82-31-16-13-15-29-80-47-17-19-50(20-18-47)85-65-68-66(86-51-25-21-48(22-26-51)83-62(77)40(2)3)70-67(69-65)87-52-27-23-49(24-28-52)84-63(78)41(4)5/h17-28,32-39H,2,4,8-16,29-31H2,1,3,5-7H3. The molecular formula is C67H63N5O15. The largest absolute Gasteiger partial charge is 0.494 e. The van der Waals surface area contributed by atoms with Crippen LogP contribution in [-0.2, 0) is 14.3 Å². The summed E-state index contributed by atoms with van der Waals surface area (Å²) < 4.78 is 47.9. The lowest BCUT2D eigenvalue weighted by Crippen LogP contribution is -2.24. The van der Waals surface area contributed by atoms with Crippen LogP contribution in [0.2, 0.25) is 0 Å². The molecule has 0 atom stereocenters. The van der Waals surface area contributed by atoms with Crippen molar-refractivity contribution >= 4 is 39.5 Å². The summed E-state index contributed by atoms with van der Waals surface area (Å²) in [6.45, 7) is 16.9. The van der Waals surface area contributed by atoms with Crippen molar-refractivity contribution in [1.82, 2.24) is 24.1 Å². The van der Waals surface area contributed by atoms with E-state index in [1.54, 1.807) is 79.7 Å². The van der Waals surface area contributed by atoms with E-state index in [0.717, 1.165) is 34.0 Å². The number of carbonyl (C=O) groups excluding carboxylic acids is 3. The number of unbranched alkanes of at least 4 members (excludes halogenated alkanes) is 7. The molecule has 0 aliphatic heterocycles. The zero-order valence-corrected chi connectivity index (χ0v) is 48.8. The van der Waals surface area contributed by atoms with E-state index in [-0.39, 0.29) is 91.6 Å². The third kappa shape index (κ3) is 15.4. The summed E-state index contributed by atoms with van der Waals surface area (Å²) >= 11 is 0. The van der Waals surface area contributed by atoms with Gasteiger partial charge in [-0.3, -0.25) is 19.2 Å². The van der Waals surface area contributed by atoms with Crippen molar-refractivity contribution in [2.24, 2.45) is 0 Å². The van der Waals surface area contributed by atoms with Crippen LogP contribution in [0.3, 0.4) is 0 Å². The third-order valence-corrected chi connectivity index (χ3v) is 13.6. The molecule has 0 aliphatic rings. The molecule has 87 heavy (non-hydrogen) atoms. The van der Waals surface area contributed by atoms with Crippen LogP contribution in [0.1, 0.15) is 100 Å². The topological polar surface area (TPSA) is 242 Å². The molecule has 446 valence electrons. The second-order valence-corrected chi connectivity index (χ2v) is 20.8. The zero-order valence-electron chi connectivity index (χ0n) is 48.8. The minimum absolute atomic E-state index is 0.00231. The molecule has 0 radical (unpaired) electrons. The number of nitrogens with zero attached hydrogens (tertiary/aromatic N) is 5. The predicted octanol–water partition coefficient (Wildman–Crippen LogP) is 12.2. The minimum atomic E-state index is -0.700. The van der Waals surface area contributed by atoms with Crippen LogP contribution < -0.4 is 55.4 Å². The molecular weight excluding hydrogens is 1110 g/mol. The average Bonchev–Trinajstić information content (AvgIpc) is 1.63. The lowest BCUT2D eigenvalue weighted by atomic mass is 10.1. The van der Waals surface area contributed by atoms with E-state index in [4.69, 9.17) is 37.9 Å². The van der Waals surface area contributed by atoms with Crippen molar-refractivity contribution < 1.29 is 52.3 Å². The smallest absolute Gasteiger partial charge is 0.338 e. The van der Waals surface area contributed by atoms with Crippen LogP contribution in [0.15, 0.2) is 165 Å². The number of benzene rings is 6. The number of rotatable bonds is 28. The van der Waals surface area contributed by atoms with Gasteiger partial charge in [-0.15, -0.1) is 15.0 Å². The Bertz CT molecular complexity index is 4090. The van der Waals surface area contributed by atoms with E-state index in [1.807, 2.05) is 13.0 Å². The molecule has 0 spiro atoms. The summed E-state index contributed by atoms with van der Waals surface area (Å²) in [5.74, 6) is 0.735. The van der Waals surface area contributed by atoms with Gasteiger partial charge in [-0.1, -0.05) is 52.2 Å². The van der Waals surface area contributed by atoms with Crippen molar-refractivity contribution in [1.29, 1.82) is 0 Å². The number of esters is 3. The Hall–Kier alpha value is -10.5. The van der Waals surface area contributed by atoms with Gasteiger partial charge in [-0.2, -0.15) is 0 Å². The van der Waals surface area contributed by atoms with Crippen molar-refractivity contribution in [3.63, 3.8) is 0 Å². The molecule has 0 saturated heterocycles. The normalized spacial score (nSPS) is 11.1. The van der Waals surface area contributed by atoms with Gasteiger partial charge in [0.05, 0.1) is 58.3 Å². The quantitative estimate of drug-likeness (QED) is 0.0191. The molecule has 0 fully saturated rings. The number of hydrogen-bond donors (Lipinski definition) is 0. The molecule has 0 N–H and O–H groups in total. The number of hydrogen-bond acceptors (Lipinski definition) is 18. The van der Waals surface area contributed by atoms with Crippen LogP contribution >= 0.6 is 0 Å². The predicted molar refractivity (Wildman–Crippen MR) is 326 cm³/mol. The second-order valence-electron chi connectivity index (χ2n) is 20.8. The first kappa shape index (κ1) is 61.1. The van der Waals surface area contributed by atoms with Gasteiger partial charge in [0.15, 0.2) is 0 Å². The maximum absolute atomic E-state index is 14.0. The average molecular weight is 1180 g/mol. The molecule has 9 rings (SSSR count). The van der Waals surface area contributed by atoms with E-state index in [0.29, 0.717) is 61.0 Å². The highest BCUT2D eigenvalue weighted by atomic mass is 16.6. The lowest BCUT2D eigenvalue weighted by molar-refractivity contribution is -0.130. The molecule has 20 nitrogen and oxygen atoms in total. The highest BCUT2D eigenvalue weighted by Gasteiger charge is 2.23. The Morgan fingerprint density at radius 2 is 0.793 bits per heavy atom. The SMILES string of the molecule is C=C(C)C(=O)Oc1ccc(Oc2nc(Oc3ccc(OCCCCCOC(=O)c4cc(C)cc(-n5c(=O)c6cc7c(=O)n(-c8cc(C)cc(OCCCCCCCC)c8)c(=O)c7cc6c5=O)c4)cc3)nc(Oc3ccc(OC(=O)C(=C)C)cc3)n2)cc1. The van der Waals surface area contributed by atoms with Crippen LogP contribution in [0.25, 0.3) is 32.9 Å². The molecule has 0 bridgehead atoms. The van der Waals surface area contributed by atoms with E-state index in [1.165, 1.54) is 75.6 Å². The van der Waals surface area contributed by atoms with Gasteiger partial charge >= 0.3 is 35.9 Å². The summed E-state index contributed by atoms with van der Waals surface area (Å²) in [7, 11) is 0. The number of aryl methyl sites for hydroxylation is 2. The van der Waals surface area contributed by atoms with Crippen molar-refractivity contribution in [2.75, 3.05) is 19.8 Å². The van der Waals surface area contributed by atoms with E-state index in [9.17, 15) is 33.6 Å². The first-order chi connectivity index (χ1) is 41.9. The highest BCUT2D eigenvalue weighted by Crippen LogP contribution is 2.31. The maximum atomic E-state index is 14.0. The monoisotopic (exact) mass is 1180 g/mol. The van der Waals surface area contributed by atoms with Crippen LogP contribution in [-0.4, -0.2) is 61.8 Å². The Morgan fingerprint density at radius 1 is 0.425 bits per heavy atom. The van der Waals surface area contributed by atoms with Gasteiger partial charge < -0.3 is 37.9 Å².